The van der Waals surface area contributed by atoms with Gasteiger partial charge in [-0.25, -0.2) is 0 Å². The Hall–Kier alpha value is -1.85. The quantitative estimate of drug-likeness (QED) is 0.895. The first kappa shape index (κ1) is 17.6. The van der Waals surface area contributed by atoms with Gasteiger partial charge in [0.25, 0.3) is 0 Å². The summed E-state index contributed by atoms with van der Waals surface area (Å²) in [5.41, 5.74) is 4.27. The molecule has 4 nitrogen and oxygen atoms in total. The van der Waals surface area contributed by atoms with E-state index in [2.05, 4.69) is 12.1 Å². The van der Waals surface area contributed by atoms with Crippen molar-refractivity contribution in [1.29, 1.82) is 0 Å². The standard InChI is InChI=1S/C21H24O4S/c22-13-16-1-4-21-20(11-16)19-3-2-18(12-17(19)5-8-24-21)25-14-15-6-9-26(23)10-7-15/h1-4,11-12,15,22H,5-10,13-14H2. The van der Waals surface area contributed by atoms with Crippen LogP contribution in [-0.4, -0.2) is 34.0 Å². The number of ether oxygens (including phenoxy) is 2. The van der Waals surface area contributed by atoms with Gasteiger partial charge in [0.05, 0.1) is 19.8 Å². The minimum atomic E-state index is -0.624. The topological polar surface area (TPSA) is 55.8 Å². The van der Waals surface area contributed by atoms with Gasteiger partial charge in [-0.15, -0.1) is 0 Å². The van der Waals surface area contributed by atoms with Crippen molar-refractivity contribution < 1.29 is 18.8 Å². The van der Waals surface area contributed by atoms with Crippen LogP contribution in [0.4, 0.5) is 0 Å². The van der Waals surface area contributed by atoms with Crippen LogP contribution in [0.15, 0.2) is 36.4 Å². The number of benzene rings is 2. The zero-order valence-electron chi connectivity index (χ0n) is 14.8. The second-order valence-corrected chi connectivity index (χ2v) is 8.70. The van der Waals surface area contributed by atoms with E-state index in [1.54, 1.807) is 0 Å². The molecule has 2 aliphatic rings. The van der Waals surface area contributed by atoms with Gasteiger partial charge in [-0.1, -0.05) is 12.1 Å². The molecular weight excluding hydrogens is 348 g/mol. The van der Waals surface area contributed by atoms with Crippen LogP contribution in [0.2, 0.25) is 0 Å². The zero-order valence-corrected chi connectivity index (χ0v) is 15.6. The van der Waals surface area contributed by atoms with Gasteiger partial charge < -0.3 is 14.6 Å². The Morgan fingerprint density at radius 1 is 1.12 bits per heavy atom. The van der Waals surface area contributed by atoms with Crippen LogP contribution in [-0.2, 0) is 23.8 Å². The third kappa shape index (κ3) is 3.79. The van der Waals surface area contributed by atoms with Crippen LogP contribution >= 0.6 is 0 Å². The lowest BCUT2D eigenvalue weighted by Crippen LogP contribution is -2.23. The van der Waals surface area contributed by atoms with Crippen LogP contribution < -0.4 is 9.47 Å². The van der Waals surface area contributed by atoms with E-state index in [-0.39, 0.29) is 6.61 Å². The maximum atomic E-state index is 11.5. The van der Waals surface area contributed by atoms with Crippen LogP contribution in [0.5, 0.6) is 11.5 Å². The van der Waals surface area contributed by atoms with E-state index in [1.165, 1.54) is 5.56 Å². The Bertz CT molecular complexity index is 808. The van der Waals surface area contributed by atoms with Gasteiger partial charge in [-0.3, -0.25) is 4.21 Å². The van der Waals surface area contributed by atoms with E-state index in [0.717, 1.165) is 59.0 Å². The Morgan fingerprint density at radius 3 is 2.77 bits per heavy atom. The van der Waals surface area contributed by atoms with Crippen LogP contribution in [0.25, 0.3) is 11.1 Å². The van der Waals surface area contributed by atoms with Crippen molar-refractivity contribution >= 4 is 10.8 Å². The van der Waals surface area contributed by atoms with E-state index in [4.69, 9.17) is 9.47 Å². The van der Waals surface area contributed by atoms with Crippen molar-refractivity contribution in [3.05, 3.63) is 47.5 Å². The minimum absolute atomic E-state index is 0.0238. The lowest BCUT2D eigenvalue weighted by Gasteiger charge is -2.21. The summed E-state index contributed by atoms with van der Waals surface area (Å²) in [6.45, 7) is 1.35. The number of rotatable bonds is 4. The van der Waals surface area contributed by atoms with Gasteiger partial charge in [0.1, 0.15) is 11.5 Å². The molecule has 0 saturated carbocycles. The third-order valence-electron chi connectivity index (χ3n) is 5.22. The molecule has 0 radical (unpaired) electrons. The van der Waals surface area contributed by atoms with E-state index in [1.807, 2.05) is 24.3 Å². The summed E-state index contributed by atoms with van der Waals surface area (Å²) in [4.78, 5) is 0. The van der Waals surface area contributed by atoms with E-state index < -0.39 is 10.8 Å². The lowest BCUT2D eigenvalue weighted by atomic mass is 9.96. The normalized spacial score (nSPS) is 21.9. The van der Waals surface area contributed by atoms with Crippen LogP contribution in [0.3, 0.4) is 0 Å². The van der Waals surface area contributed by atoms with Crippen molar-refractivity contribution in [2.24, 2.45) is 5.92 Å². The molecular formula is C21H24O4S. The number of hydrogen-bond donors (Lipinski definition) is 1. The average Bonchev–Trinajstić information content (AvgIpc) is 2.85. The van der Waals surface area contributed by atoms with E-state index >= 15 is 0 Å². The second-order valence-electron chi connectivity index (χ2n) is 7.01. The first-order valence-electron chi connectivity index (χ1n) is 9.20. The molecule has 5 heteroatoms. The average molecular weight is 372 g/mol. The van der Waals surface area contributed by atoms with Crippen molar-refractivity contribution in [3.8, 4) is 22.6 Å². The number of hydrogen-bond acceptors (Lipinski definition) is 4. The molecule has 2 aromatic carbocycles. The zero-order chi connectivity index (χ0) is 17.9. The Balaban J connectivity index is 1.53. The highest BCUT2D eigenvalue weighted by Crippen LogP contribution is 2.37. The first-order valence-corrected chi connectivity index (χ1v) is 10.7. The summed E-state index contributed by atoms with van der Waals surface area (Å²) in [7, 11) is -0.624. The first-order chi connectivity index (χ1) is 12.7. The largest absolute Gasteiger partial charge is 0.493 e. The van der Waals surface area contributed by atoms with E-state index in [9.17, 15) is 9.32 Å². The van der Waals surface area contributed by atoms with Gasteiger partial charge in [-0.05, 0) is 59.7 Å². The Kier molecular flexibility index (Phi) is 5.27. The number of fused-ring (bicyclic) bond motifs is 3. The molecule has 0 spiro atoms. The fourth-order valence-corrected chi connectivity index (χ4v) is 5.03. The molecule has 2 heterocycles. The van der Waals surface area contributed by atoms with Gasteiger partial charge >= 0.3 is 0 Å². The van der Waals surface area contributed by atoms with Crippen molar-refractivity contribution in [2.75, 3.05) is 24.7 Å². The van der Waals surface area contributed by atoms with Crippen molar-refractivity contribution in [1.82, 2.24) is 0 Å². The molecule has 26 heavy (non-hydrogen) atoms. The molecule has 0 unspecified atom stereocenters. The van der Waals surface area contributed by atoms with Gasteiger partial charge in [0.2, 0.25) is 0 Å². The minimum Gasteiger partial charge on any atom is -0.493 e. The Labute approximate surface area is 156 Å². The summed E-state index contributed by atoms with van der Waals surface area (Å²) >= 11 is 0. The molecule has 0 atom stereocenters. The maximum absolute atomic E-state index is 11.5. The third-order valence-corrected chi connectivity index (χ3v) is 6.60. The fourth-order valence-electron chi connectivity index (χ4n) is 3.64. The molecule has 0 aromatic heterocycles. The SMILES string of the molecule is O=S1CCC(COc2ccc3c(c2)CCOc2ccc(CO)cc2-3)CC1. The molecule has 2 aliphatic heterocycles. The Morgan fingerprint density at radius 2 is 1.96 bits per heavy atom. The molecule has 0 amide bonds. The maximum Gasteiger partial charge on any atom is 0.127 e. The second kappa shape index (κ2) is 7.80. The summed E-state index contributed by atoms with van der Waals surface area (Å²) in [5, 5.41) is 9.43. The number of aliphatic hydroxyl groups excluding tert-OH is 1. The molecule has 1 fully saturated rings. The predicted octanol–water partition coefficient (Wildman–Crippen LogP) is 3.32. The van der Waals surface area contributed by atoms with Crippen molar-refractivity contribution in [3.63, 3.8) is 0 Å². The summed E-state index contributed by atoms with van der Waals surface area (Å²) < 4.78 is 23.4. The summed E-state index contributed by atoms with van der Waals surface area (Å²) in [5.74, 6) is 3.86. The molecule has 138 valence electrons. The van der Waals surface area contributed by atoms with Gasteiger partial charge in [-0.2, -0.15) is 0 Å². The van der Waals surface area contributed by atoms with Crippen LogP contribution in [0, 0.1) is 5.92 Å². The molecule has 1 N–H and O–H groups in total. The monoisotopic (exact) mass is 372 g/mol. The molecule has 1 saturated heterocycles. The van der Waals surface area contributed by atoms with Gasteiger partial charge in [0, 0.05) is 34.3 Å². The summed E-state index contributed by atoms with van der Waals surface area (Å²) in [6, 6.07) is 12.1. The number of aliphatic hydroxyl groups is 1. The van der Waals surface area contributed by atoms with Gasteiger partial charge in [0.15, 0.2) is 0 Å². The highest BCUT2D eigenvalue weighted by molar-refractivity contribution is 7.85. The highest BCUT2D eigenvalue weighted by atomic mass is 32.2. The highest BCUT2D eigenvalue weighted by Gasteiger charge is 2.20. The summed E-state index contributed by atoms with van der Waals surface area (Å²) in [6.07, 6.45) is 2.81. The van der Waals surface area contributed by atoms with E-state index in [0.29, 0.717) is 19.1 Å². The molecule has 0 aliphatic carbocycles. The fraction of sp³-hybridized carbons (Fsp3) is 0.429. The lowest BCUT2D eigenvalue weighted by molar-refractivity contribution is 0.239. The molecule has 2 aromatic rings. The molecule has 0 bridgehead atoms. The smallest absolute Gasteiger partial charge is 0.127 e. The van der Waals surface area contributed by atoms with Crippen molar-refractivity contribution in [2.45, 2.75) is 25.9 Å². The van der Waals surface area contributed by atoms with Crippen LogP contribution in [0.1, 0.15) is 24.0 Å². The predicted molar refractivity (Wildman–Crippen MR) is 103 cm³/mol. The molecule has 4 rings (SSSR count).